The smallest absolute Gasteiger partial charge is 0.293 e. The third-order valence-corrected chi connectivity index (χ3v) is 5.01. The maximum absolute atomic E-state index is 11.8. The second-order valence-corrected chi connectivity index (χ2v) is 7.60. The molecule has 1 aliphatic heterocycles. The van der Waals surface area contributed by atoms with Gasteiger partial charge in [0.2, 0.25) is 5.91 Å². The Labute approximate surface area is 140 Å². The van der Waals surface area contributed by atoms with E-state index >= 15 is 0 Å². The van der Waals surface area contributed by atoms with Crippen molar-refractivity contribution in [2.45, 2.75) is 11.3 Å². The number of benzene rings is 1. The zero-order valence-electron chi connectivity index (χ0n) is 13.3. The van der Waals surface area contributed by atoms with Gasteiger partial charge < -0.3 is 15.5 Å². The Balaban J connectivity index is 2.21. The molecule has 1 aromatic rings. The van der Waals surface area contributed by atoms with E-state index in [1.165, 1.54) is 12.1 Å². The number of nitrogens with two attached hydrogens (primary N) is 1. The maximum atomic E-state index is 11.8. The molecular formula is C14H20N4O5S. The molecule has 0 atom stereocenters. The van der Waals surface area contributed by atoms with Gasteiger partial charge in [0.05, 0.1) is 9.82 Å². The number of nitro groups is 1. The first-order chi connectivity index (χ1) is 11.2. The molecule has 1 aliphatic rings. The minimum Gasteiger partial charge on any atom is -0.362 e. The second kappa shape index (κ2) is 7.14. The van der Waals surface area contributed by atoms with Crippen LogP contribution in [0.2, 0.25) is 0 Å². The molecule has 2 rings (SSSR count). The summed E-state index contributed by atoms with van der Waals surface area (Å²) in [5, 5.41) is 11.3. The van der Waals surface area contributed by atoms with Gasteiger partial charge in [-0.3, -0.25) is 14.9 Å². The van der Waals surface area contributed by atoms with Crippen molar-refractivity contribution in [1.29, 1.82) is 0 Å². The summed E-state index contributed by atoms with van der Waals surface area (Å²) in [5.74, 6) is -0.0286. The number of carbonyl (C=O) groups excluding carboxylic acids is 1. The number of nitro benzene ring substituents is 1. The lowest BCUT2D eigenvalue weighted by molar-refractivity contribution is -0.384. The lowest BCUT2D eigenvalue weighted by Crippen LogP contribution is -2.49. The van der Waals surface area contributed by atoms with Crippen LogP contribution in [0.4, 0.5) is 11.4 Å². The molecule has 0 aliphatic carbocycles. The second-order valence-electron chi connectivity index (χ2n) is 5.59. The van der Waals surface area contributed by atoms with Crippen LogP contribution in [0.15, 0.2) is 23.1 Å². The van der Waals surface area contributed by atoms with Crippen LogP contribution in [0.5, 0.6) is 0 Å². The van der Waals surface area contributed by atoms with Gasteiger partial charge >= 0.3 is 0 Å². The number of anilines is 1. The van der Waals surface area contributed by atoms with E-state index in [1.54, 1.807) is 9.80 Å². The minimum atomic E-state index is -3.52. The first-order valence-corrected chi connectivity index (χ1v) is 9.34. The van der Waals surface area contributed by atoms with E-state index in [2.05, 4.69) is 0 Å². The number of carbonyl (C=O) groups is 1. The van der Waals surface area contributed by atoms with Crippen LogP contribution in [0.1, 0.15) is 6.42 Å². The first-order valence-electron chi connectivity index (χ1n) is 7.45. The number of rotatable bonds is 5. The fraction of sp³-hybridized carbons (Fsp3) is 0.500. The Morgan fingerprint density at radius 2 is 1.92 bits per heavy atom. The zero-order chi connectivity index (χ0) is 17.9. The number of hydrogen-bond acceptors (Lipinski definition) is 7. The molecule has 1 amide bonds. The summed E-state index contributed by atoms with van der Waals surface area (Å²) in [6, 6.07) is 3.89. The molecule has 2 N–H and O–H groups in total. The molecular weight excluding hydrogens is 336 g/mol. The summed E-state index contributed by atoms with van der Waals surface area (Å²) < 4.78 is 23.2. The molecule has 0 saturated carbocycles. The van der Waals surface area contributed by atoms with Gasteiger partial charge in [0.15, 0.2) is 9.84 Å². The third kappa shape index (κ3) is 4.01. The summed E-state index contributed by atoms with van der Waals surface area (Å²) in [6.45, 7) is 2.07. The Kier molecular flexibility index (Phi) is 5.40. The minimum absolute atomic E-state index is 0.0286. The number of nitrogens with zero attached hydrogens (tertiary/aromatic N) is 3. The molecule has 0 unspecified atom stereocenters. The lowest BCUT2D eigenvalue weighted by Gasteiger charge is -2.35. The highest BCUT2D eigenvalue weighted by atomic mass is 32.2. The third-order valence-electron chi connectivity index (χ3n) is 3.90. The van der Waals surface area contributed by atoms with Gasteiger partial charge in [-0.25, -0.2) is 8.42 Å². The summed E-state index contributed by atoms with van der Waals surface area (Å²) in [5.41, 5.74) is 5.48. The van der Waals surface area contributed by atoms with Crippen molar-refractivity contribution in [2.24, 2.45) is 5.73 Å². The molecule has 1 saturated heterocycles. The quantitative estimate of drug-likeness (QED) is 0.581. The van der Waals surface area contributed by atoms with Crippen LogP contribution in [0.3, 0.4) is 0 Å². The van der Waals surface area contributed by atoms with Gasteiger partial charge in [0, 0.05) is 51.5 Å². The van der Waals surface area contributed by atoms with Crippen molar-refractivity contribution in [1.82, 2.24) is 4.90 Å². The van der Waals surface area contributed by atoms with Gasteiger partial charge in [-0.2, -0.15) is 0 Å². The molecule has 132 valence electrons. The Hall–Kier alpha value is -2.20. The fourth-order valence-electron chi connectivity index (χ4n) is 2.63. The van der Waals surface area contributed by atoms with E-state index in [9.17, 15) is 23.3 Å². The predicted molar refractivity (Wildman–Crippen MR) is 88.7 cm³/mol. The predicted octanol–water partition coefficient (Wildman–Crippen LogP) is -0.00430. The van der Waals surface area contributed by atoms with Crippen molar-refractivity contribution >= 4 is 27.1 Å². The molecule has 1 aromatic carbocycles. The maximum Gasteiger partial charge on any atom is 0.293 e. The Bertz CT molecular complexity index is 742. The van der Waals surface area contributed by atoms with Crippen LogP contribution in [0, 0.1) is 10.1 Å². The number of amides is 1. The molecule has 1 heterocycles. The van der Waals surface area contributed by atoms with Crippen LogP contribution in [-0.4, -0.2) is 63.1 Å². The van der Waals surface area contributed by atoms with Crippen LogP contribution in [0.25, 0.3) is 0 Å². The van der Waals surface area contributed by atoms with Crippen LogP contribution >= 0.6 is 0 Å². The van der Waals surface area contributed by atoms with E-state index < -0.39 is 14.8 Å². The molecule has 1 fully saturated rings. The van der Waals surface area contributed by atoms with Crippen LogP contribution < -0.4 is 10.6 Å². The van der Waals surface area contributed by atoms with E-state index in [0.29, 0.717) is 31.9 Å². The highest BCUT2D eigenvalue weighted by Crippen LogP contribution is 2.31. The summed E-state index contributed by atoms with van der Waals surface area (Å²) in [7, 11) is -3.52. The normalized spacial score (nSPS) is 15.4. The standard InChI is InChI=1S/C14H20N4O5S/c1-24(22,23)11-2-3-12(13(10-11)18(20)21)16-6-8-17(9-7-16)14(19)4-5-15/h2-3,10H,4-9,15H2,1H3. The Morgan fingerprint density at radius 3 is 2.42 bits per heavy atom. The zero-order valence-corrected chi connectivity index (χ0v) is 14.2. The molecule has 0 radical (unpaired) electrons. The summed E-state index contributed by atoms with van der Waals surface area (Å²) in [4.78, 5) is 25.9. The molecule has 10 heteroatoms. The first kappa shape index (κ1) is 18.1. The van der Waals surface area contributed by atoms with E-state index in [0.717, 1.165) is 12.3 Å². The highest BCUT2D eigenvalue weighted by Gasteiger charge is 2.26. The lowest BCUT2D eigenvalue weighted by atomic mass is 10.2. The largest absolute Gasteiger partial charge is 0.362 e. The van der Waals surface area contributed by atoms with E-state index in [4.69, 9.17) is 5.73 Å². The Morgan fingerprint density at radius 1 is 1.29 bits per heavy atom. The van der Waals surface area contributed by atoms with E-state index in [1.807, 2.05) is 0 Å². The average Bonchev–Trinajstić information content (AvgIpc) is 2.53. The highest BCUT2D eigenvalue weighted by molar-refractivity contribution is 7.90. The molecule has 0 bridgehead atoms. The van der Waals surface area contributed by atoms with Gasteiger partial charge in [0.1, 0.15) is 5.69 Å². The van der Waals surface area contributed by atoms with Crippen molar-refractivity contribution in [3.8, 4) is 0 Å². The molecule has 0 spiro atoms. The SMILES string of the molecule is CS(=O)(=O)c1ccc(N2CCN(C(=O)CCN)CC2)c([N+](=O)[O-])c1. The summed E-state index contributed by atoms with van der Waals surface area (Å²) in [6.07, 6.45) is 1.29. The molecule has 0 aromatic heterocycles. The van der Waals surface area contributed by atoms with Gasteiger partial charge in [-0.05, 0) is 12.1 Å². The number of piperazine rings is 1. The van der Waals surface area contributed by atoms with Gasteiger partial charge in [-0.15, -0.1) is 0 Å². The van der Waals surface area contributed by atoms with E-state index in [-0.39, 0.29) is 29.5 Å². The van der Waals surface area contributed by atoms with Crippen molar-refractivity contribution < 1.29 is 18.1 Å². The number of hydrogen-bond donors (Lipinski definition) is 1. The van der Waals surface area contributed by atoms with Crippen molar-refractivity contribution in [3.63, 3.8) is 0 Å². The summed E-state index contributed by atoms with van der Waals surface area (Å²) >= 11 is 0. The van der Waals surface area contributed by atoms with Crippen molar-refractivity contribution in [2.75, 3.05) is 43.9 Å². The van der Waals surface area contributed by atoms with Gasteiger partial charge in [-0.1, -0.05) is 0 Å². The topological polar surface area (TPSA) is 127 Å². The monoisotopic (exact) mass is 356 g/mol. The molecule has 24 heavy (non-hydrogen) atoms. The van der Waals surface area contributed by atoms with Gasteiger partial charge in [0.25, 0.3) is 5.69 Å². The fourth-order valence-corrected chi connectivity index (χ4v) is 3.27. The van der Waals surface area contributed by atoms with Crippen molar-refractivity contribution in [3.05, 3.63) is 28.3 Å². The average molecular weight is 356 g/mol. The molecule has 9 nitrogen and oxygen atoms in total. The number of sulfone groups is 1. The van der Waals surface area contributed by atoms with Crippen LogP contribution in [-0.2, 0) is 14.6 Å².